The number of aldehydes is 1. The summed E-state index contributed by atoms with van der Waals surface area (Å²) in [7, 11) is 1.65. The fraction of sp³-hybridized carbons (Fsp3) is 0.552. The van der Waals surface area contributed by atoms with Crippen LogP contribution in [0.1, 0.15) is 57.4 Å². The molecule has 2 amide bonds. The van der Waals surface area contributed by atoms with Crippen molar-refractivity contribution in [2.24, 2.45) is 0 Å². The van der Waals surface area contributed by atoms with Gasteiger partial charge in [-0.25, -0.2) is 4.79 Å². The Hall–Kier alpha value is -3.97. The number of unbranched alkanes of at least 4 members (excludes halogenated alkanes) is 2. The van der Waals surface area contributed by atoms with Gasteiger partial charge in [-0.05, 0) is 37.5 Å². The molecule has 3 N–H and O–H groups in total. The van der Waals surface area contributed by atoms with Crippen LogP contribution >= 0.6 is 0 Å². The van der Waals surface area contributed by atoms with Crippen LogP contribution in [0.5, 0.6) is 11.5 Å². The Bertz CT molecular complexity index is 1090. The molecule has 1 aromatic carbocycles. The Labute approximate surface area is 244 Å². The average Bonchev–Trinajstić information content (AvgIpc) is 2.94. The Morgan fingerprint density at radius 3 is 2.64 bits per heavy atom. The Morgan fingerprint density at radius 1 is 1.14 bits per heavy atom. The molecule has 42 heavy (non-hydrogen) atoms. The Balaban J connectivity index is 1.77. The molecule has 1 aromatic rings. The number of esters is 1. The quantitative estimate of drug-likeness (QED) is 0.0979. The second kappa shape index (κ2) is 18.5. The highest BCUT2D eigenvalue weighted by atomic mass is 16.7. The minimum Gasteiger partial charge on any atom is -0.493 e. The summed E-state index contributed by atoms with van der Waals surface area (Å²) >= 11 is 0. The van der Waals surface area contributed by atoms with Gasteiger partial charge in [0.25, 0.3) is 0 Å². The molecule has 0 aliphatic carbocycles. The van der Waals surface area contributed by atoms with Crippen LogP contribution in [0.3, 0.4) is 0 Å². The zero-order valence-corrected chi connectivity index (χ0v) is 24.0. The molecule has 0 saturated carbocycles. The number of likely N-dealkylation sites (N-methyl/N-ethyl adjacent to an activating group) is 1. The zero-order valence-electron chi connectivity index (χ0n) is 24.0. The highest BCUT2D eigenvalue weighted by Crippen LogP contribution is 2.29. The number of carboxylic acid groups (broad SMARTS) is 1. The molecule has 1 aliphatic heterocycles. The number of amides is 2. The molecule has 0 spiro atoms. The highest BCUT2D eigenvalue weighted by Gasteiger charge is 2.34. The molecule has 1 heterocycles. The van der Waals surface area contributed by atoms with Crippen LogP contribution in [0.2, 0.25) is 0 Å². The smallest absolute Gasteiger partial charge is 0.333 e. The number of aliphatic hydroxyl groups is 1. The number of carboxylic acids is 1. The summed E-state index contributed by atoms with van der Waals surface area (Å²) in [5, 5.41) is 22.0. The van der Waals surface area contributed by atoms with Gasteiger partial charge >= 0.3 is 11.9 Å². The largest absolute Gasteiger partial charge is 0.493 e. The van der Waals surface area contributed by atoms with E-state index in [1.807, 2.05) is 0 Å². The zero-order chi connectivity index (χ0) is 30.9. The minimum absolute atomic E-state index is 0.0244. The molecule has 0 bridgehead atoms. The van der Waals surface area contributed by atoms with Gasteiger partial charge in [0, 0.05) is 64.0 Å². The van der Waals surface area contributed by atoms with E-state index in [1.165, 1.54) is 17.9 Å². The first kappa shape index (κ1) is 34.2. The van der Waals surface area contributed by atoms with Gasteiger partial charge < -0.3 is 39.4 Å². The van der Waals surface area contributed by atoms with Crippen molar-refractivity contribution in [3.63, 3.8) is 0 Å². The van der Waals surface area contributed by atoms with E-state index in [0.717, 1.165) is 18.9 Å². The van der Waals surface area contributed by atoms with Gasteiger partial charge in [0.15, 0.2) is 6.10 Å². The predicted molar refractivity (Wildman–Crippen MR) is 149 cm³/mol. The lowest BCUT2D eigenvalue weighted by Gasteiger charge is -2.31. The molecule has 13 nitrogen and oxygen atoms in total. The van der Waals surface area contributed by atoms with E-state index < -0.39 is 30.4 Å². The van der Waals surface area contributed by atoms with E-state index >= 15 is 0 Å². The van der Waals surface area contributed by atoms with Crippen LogP contribution in [-0.4, -0.2) is 90.4 Å². The molecule has 2 rings (SSSR count). The number of carbonyl (C=O) groups is 5. The maximum atomic E-state index is 12.1. The number of aliphatic carboxylic acids is 1. The fourth-order valence-corrected chi connectivity index (χ4v) is 4.03. The molecule has 1 fully saturated rings. The number of rotatable bonds is 18. The first-order chi connectivity index (χ1) is 20.1. The molecule has 0 aromatic heterocycles. The number of benzene rings is 1. The summed E-state index contributed by atoms with van der Waals surface area (Å²) in [6.45, 7) is 2.43. The monoisotopic (exact) mass is 592 g/mol. The van der Waals surface area contributed by atoms with Crippen molar-refractivity contribution in [3.05, 3.63) is 35.9 Å². The van der Waals surface area contributed by atoms with Crippen LogP contribution in [0.4, 0.5) is 0 Å². The lowest BCUT2D eigenvalue weighted by molar-refractivity contribution is -0.195. The Kier molecular flexibility index (Phi) is 15.0. The van der Waals surface area contributed by atoms with Crippen molar-refractivity contribution >= 4 is 30.0 Å². The van der Waals surface area contributed by atoms with Crippen molar-refractivity contribution in [1.29, 1.82) is 0 Å². The predicted octanol–water partition coefficient (Wildman–Crippen LogP) is 1.74. The minimum atomic E-state index is -1.18. The van der Waals surface area contributed by atoms with Gasteiger partial charge in [0.2, 0.25) is 18.1 Å². The molecular weight excluding hydrogens is 552 g/mol. The van der Waals surface area contributed by atoms with Crippen LogP contribution in [0, 0.1) is 0 Å². The first-order valence-corrected chi connectivity index (χ1v) is 13.8. The van der Waals surface area contributed by atoms with Crippen molar-refractivity contribution < 1.29 is 53.1 Å². The standard InChI is InChI=1S/C29H40N2O11/c1-20(33)40-19-21-10-11-23(41-28-17-22(34)16-25(42-28)29(37)38)18-24(21)39-15-7-12-30-26(35)8-4-3-5-13-31(2)27(36)9-6-14-32/h6,9-11,14,18,22,25,28,34H,3-5,7-8,12-13,15-17,19H2,1-2H3,(H,30,35)(H,37,38)/b9-6-. The van der Waals surface area contributed by atoms with Crippen LogP contribution in [-0.2, 0) is 40.1 Å². The summed E-state index contributed by atoms with van der Waals surface area (Å²) in [5.41, 5.74) is 0.585. The number of nitrogens with one attached hydrogen (secondary N) is 1. The fourth-order valence-electron chi connectivity index (χ4n) is 4.03. The Morgan fingerprint density at radius 2 is 1.93 bits per heavy atom. The lowest BCUT2D eigenvalue weighted by Crippen LogP contribution is -2.42. The maximum Gasteiger partial charge on any atom is 0.333 e. The third kappa shape index (κ3) is 13.1. The van der Waals surface area contributed by atoms with E-state index in [0.29, 0.717) is 55.7 Å². The van der Waals surface area contributed by atoms with Gasteiger partial charge in [-0.3, -0.25) is 19.2 Å². The molecule has 1 aliphatic rings. The SMILES string of the molecule is CC(=O)OCc1ccc(OC2CC(O)CC(C(=O)O)O2)cc1OCCCNC(=O)CCCCCN(C)C(=O)/C=C\C=O. The number of ether oxygens (including phenoxy) is 4. The lowest BCUT2D eigenvalue weighted by atomic mass is 10.1. The summed E-state index contributed by atoms with van der Waals surface area (Å²) in [4.78, 5) is 58.2. The average molecular weight is 593 g/mol. The van der Waals surface area contributed by atoms with Crippen molar-refractivity contribution in [3.8, 4) is 11.5 Å². The van der Waals surface area contributed by atoms with Gasteiger partial charge in [0.1, 0.15) is 24.4 Å². The summed E-state index contributed by atoms with van der Waals surface area (Å²) in [6.07, 6.45) is 3.02. The third-order valence-corrected chi connectivity index (χ3v) is 6.27. The normalized spacial score (nSPS) is 18.2. The number of aliphatic hydroxyl groups excluding tert-OH is 1. The first-order valence-electron chi connectivity index (χ1n) is 13.8. The number of carbonyl (C=O) groups excluding carboxylic acids is 4. The molecule has 3 unspecified atom stereocenters. The third-order valence-electron chi connectivity index (χ3n) is 6.27. The van der Waals surface area contributed by atoms with Crippen LogP contribution < -0.4 is 14.8 Å². The highest BCUT2D eigenvalue weighted by molar-refractivity contribution is 5.90. The van der Waals surface area contributed by atoms with E-state index in [1.54, 1.807) is 25.2 Å². The second-order valence-electron chi connectivity index (χ2n) is 9.80. The van der Waals surface area contributed by atoms with E-state index in [9.17, 15) is 34.2 Å². The number of nitrogens with zero attached hydrogens (tertiary/aromatic N) is 1. The number of hydrogen-bond donors (Lipinski definition) is 3. The molecule has 232 valence electrons. The van der Waals surface area contributed by atoms with Gasteiger partial charge in [-0.1, -0.05) is 6.42 Å². The summed E-state index contributed by atoms with van der Waals surface area (Å²) in [5.74, 6) is -1.27. The van der Waals surface area contributed by atoms with Crippen molar-refractivity contribution in [2.45, 2.75) is 77.0 Å². The maximum absolute atomic E-state index is 12.1. The summed E-state index contributed by atoms with van der Waals surface area (Å²) < 4.78 is 22.1. The van der Waals surface area contributed by atoms with Gasteiger partial charge in [0.05, 0.1) is 12.7 Å². The van der Waals surface area contributed by atoms with Gasteiger partial charge in [-0.15, -0.1) is 0 Å². The van der Waals surface area contributed by atoms with Gasteiger partial charge in [-0.2, -0.15) is 0 Å². The molecule has 13 heteroatoms. The molecule has 1 saturated heterocycles. The van der Waals surface area contributed by atoms with Crippen LogP contribution in [0.25, 0.3) is 0 Å². The van der Waals surface area contributed by atoms with Crippen molar-refractivity contribution in [2.75, 3.05) is 26.7 Å². The number of hydrogen-bond acceptors (Lipinski definition) is 10. The summed E-state index contributed by atoms with van der Waals surface area (Å²) in [6, 6.07) is 4.83. The second-order valence-corrected chi connectivity index (χ2v) is 9.80. The van der Waals surface area contributed by atoms with Crippen molar-refractivity contribution in [1.82, 2.24) is 10.2 Å². The van der Waals surface area contributed by atoms with E-state index in [2.05, 4.69) is 5.32 Å². The molecule has 3 atom stereocenters. The van der Waals surface area contributed by atoms with Crippen LogP contribution in [0.15, 0.2) is 30.4 Å². The van der Waals surface area contributed by atoms with E-state index in [-0.39, 0.29) is 37.9 Å². The number of allylic oxidation sites excluding steroid dienone is 1. The molecular formula is C29H40N2O11. The molecule has 0 radical (unpaired) electrons. The van der Waals surface area contributed by atoms with E-state index in [4.69, 9.17) is 18.9 Å². The topological polar surface area (TPSA) is 178 Å².